The van der Waals surface area contributed by atoms with Crippen LogP contribution in [0.15, 0.2) is 0 Å². The van der Waals surface area contributed by atoms with E-state index >= 15 is 0 Å². The van der Waals surface area contributed by atoms with E-state index < -0.39 is 12.7 Å². The van der Waals surface area contributed by atoms with Crippen molar-refractivity contribution in [2.45, 2.75) is 50.9 Å². The van der Waals surface area contributed by atoms with E-state index in [1.807, 2.05) is 0 Å². The van der Waals surface area contributed by atoms with Crippen LogP contribution in [0.25, 0.3) is 0 Å². The highest BCUT2D eigenvalue weighted by Gasteiger charge is 2.45. The number of rotatable bonds is 4. The molecule has 2 bridgehead atoms. The van der Waals surface area contributed by atoms with Crippen LogP contribution < -0.4 is 5.32 Å². The Bertz CT molecular complexity index is 319. The lowest BCUT2D eigenvalue weighted by Crippen LogP contribution is -2.45. The zero-order valence-electron chi connectivity index (χ0n) is 10.5. The zero-order valence-corrected chi connectivity index (χ0v) is 10.5. The normalized spacial score (nSPS) is 30.8. The molecule has 6 heteroatoms. The van der Waals surface area contributed by atoms with Gasteiger partial charge in [-0.1, -0.05) is 6.92 Å². The molecule has 0 aromatic rings. The summed E-state index contributed by atoms with van der Waals surface area (Å²) in [6.07, 6.45) is -1.11. The summed E-state index contributed by atoms with van der Waals surface area (Å²) in [5, 5.41) is 3.29. The molecule has 104 valence electrons. The van der Waals surface area contributed by atoms with Crippen LogP contribution in [0.2, 0.25) is 0 Å². The monoisotopic (exact) mass is 264 g/mol. The first-order valence-corrected chi connectivity index (χ1v) is 6.52. The zero-order chi connectivity index (χ0) is 13.3. The molecule has 0 aromatic heterocycles. The molecule has 3 atom stereocenters. The summed E-state index contributed by atoms with van der Waals surface area (Å²) in [7, 11) is 0. The number of carbonyl (C=O) groups is 1. The molecule has 18 heavy (non-hydrogen) atoms. The summed E-state index contributed by atoms with van der Waals surface area (Å²) in [6.45, 7) is 0.857. The number of amides is 1. The highest BCUT2D eigenvalue weighted by atomic mass is 19.4. The van der Waals surface area contributed by atoms with Gasteiger partial charge in [-0.25, -0.2) is 0 Å². The molecule has 2 aliphatic heterocycles. The standard InChI is InChI=1S/C12H19F3N2O/c1-2-5-17(7-12(13,14)15)11(18)9-6-8-3-4-10(9)16-8/h8-10,16H,2-7H2,1H3. The van der Waals surface area contributed by atoms with E-state index in [0.29, 0.717) is 18.9 Å². The van der Waals surface area contributed by atoms with E-state index in [4.69, 9.17) is 0 Å². The molecule has 0 aromatic carbocycles. The minimum atomic E-state index is -4.31. The molecule has 2 aliphatic rings. The van der Waals surface area contributed by atoms with Crippen LogP contribution in [-0.4, -0.2) is 42.2 Å². The molecule has 3 nitrogen and oxygen atoms in total. The van der Waals surface area contributed by atoms with Gasteiger partial charge in [0.25, 0.3) is 0 Å². The predicted octanol–water partition coefficient (Wildman–Crippen LogP) is 1.93. The van der Waals surface area contributed by atoms with E-state index in [2.05, 4.69) is 5.32 Å². The molecule has 2 saturated heterocycles. The Morgan fingerprint density at radius 2 is 2.11 bits per heavy atom. The summed E-state index contributed by atoms with van der Waals surface area (Å²) >= 11 is 0. The maximum absolute atomic E-state index is 12.5. The fourth-order valence-corrected chi connectivity index (χ4v) is 3.09. The smallest absolute Gasteiger partial charge is 0.333 e. The van der Waals surface area contributed by atoms with Crippen LogP contribution in [0.3, 0.4) is 0 Å². The van der Waals surface area contributed by atoms with Gasteiger partial charge < -0.3 is 10.2 Å². The largest absolute Gasteiger partial charge is 0.406 e. The van der Waals surface area contributed by atoms with Crippen LogP contribution in [0, 0.1) is 5.92 Å². The Hall–Kier alpha value is -0.780. The predicted molar refractivity (Wildman–Crippen MR) is 61.0 cm³/mol. The first kappa shape index (κ1) is 13.6. The second-order valence-corrected chi connectivity index (χ2v) is 5.26. The van der Waals surface area contributed by atoms with E-state index in [1.54, 1.807) is 6.92 Å². The van der Waals surface area contributed by atoms with Crippen LogP contribution in [0.5, 0.6) is 0 Å². The van der Waals surface area contributed by atoms with Gasteiger partial charge in [-0.15, -0.1) is 0 Å². The van der Waals surface area contributed by atoms with Gasteiger partial charge in [-0.3, -0.25) is 4.79 Å². The fraction of sp³-hybridized carbons (Fsp3) is 0.917. The van der Waals surface area contributed by atoms with Crippen molar-refractivity contribution in [1.29, 1.82) is 0 Å². The van der Waals surface area contributed by atoms with Crippen LogP contribution in [-0.2, 0) is 4.79 Å². The Kier molecular flexibility index (Phi) is 3.84. The van der Waals surface area contributed by atoms with Crippen LogP contribution in [0.1, 0.15) is 32.6 Å². The minimum absolute atomic E-state index is 0.0927. The van der Waals surface area contributed by atoms with E-state index in [0.717, 1.165) is 17.7 Å². The lowest BCUT2D eigenvalue weighted by molar-refractivity contribution is -0.164. The summed E-state index contributed by atoms with van der Waals surface area (Å²) in [4.78, 5) is 13.2. The fourth-order valence-electron chi connectivity index (χ4n) is 3.09. The van der Waals surface area contributed by atoms with Crippen molar-refractivity contribution >= 4 is 5.91 Å². The number of nitrogens with one attached hydrogen (secondary N) is 1. The summed E-state index contributed by atoms with van der Waals surface area (Å²) < 4.78 is 37.4. The van der Waals surface area contributed by atoms with E-state index in [9.17, 15) is 18.0 Å². The van der Waals surface area contributed by atoms with Crippen molar-refractivity contribution in [3.63, 3.8) is 0 Å². The number of hydrogen-bond acceptors (Lipinski definition) is 2. The molecule has 2 rings (SSSR count). The highest BCUT2D eigenvalue weighted by molar-refractivity contribution is 5.80. The summed E-state index contributed by atoms with van der Waals surface area (Å²) in [6, 6.07) is 0.424. The number of carbonyl (C=O) groups excluding carboxylic acids is 1. The number of halogens is 3. The Balaban J connectivity index is 1.99. The number of fused-ring (bicyclic) bond motifs is 2. The second kappa shape index (κ2) is 5.07. The third-order valence-corrected chi connectivity index (χ3v) is 3.79. The number of nitrogens with zero attached hydrogens (tertiary/aromatic N) is 1. The van der Waals surface area contributed by atoms with Crippen molar-refractivity contribution in [3.8, 4) is 0 Å². The quantitative estimate of drug-likeness (QED) is 0.841. The van der Waals surface area contributed by atoms with Gasteiger partial charge in [0, 0.05) is 18.6 Å². The Morgan fingerprint density at radius 3 is 2.56 bits per heavy atom. The molecule has 3 unspecified atom stereocenters. The Morgan fingerprint density at radius 1 is 1.39 bits per heavy atom. The third-order valence-electron chi connectivity index (χ3n) is 3.79. The number of alkyl halides is 3. The molecule has 2 fully saturated rings. The van der Waals surface area contributed by atoms with Crippen LogP contribution in [0.4, 0.5) is 13.2 Å². The Labute approximate surface area is 105 Å². The van der Waals surface area contributed by atoms with Gasteiger partial charge in [0.2, 0.25) is 5.91 Å². The first-order chi connectivity index (χ1) is 8.40. The molecule has 1 N–H and O–H groups in total. The van der Waals surface area contributed by atoms with Gasteiger partial charge in [-0.2, -0.15) is 13.2 Å². The molecule has 0 spiro atoms. The molecule has 0 radical (unpaired) electrons. The average molecular weight is 264 g/mol. The van der Waals surface area contributed by atoms with Gasteiger partial charge >= 0.3 is 6.18 Å². The molecule has 0 aliphatic carbocycles. The van der Waals surface area contributed by atoms with Gasteiger partial charge in [0.05, 0.1) is 5.92 Å². The number of hydrogen-bond donors (Lipinski definition) is 1. The molecule has 0 saturated carbocycles. The van der Waals surface area contributed by atoms with E-state index in [-0.39, 0.29) is 24.4 Å². The SMILES string of the molecule is CCCN(CC(F)(F)F)C(=O)C1CC2CCC1N2. The van der Waals surface area contributed by atoms with Crippen LogP contribution >= 0.6 is 0 Å². The maximum atomic E-state index is 12.5. The average Bonchev–Trinajstić information content (AvgIpc) is 2.87. The lowest BCUT2D eigenvalue weighted by atomic mass is 9.88. The topological polar surface area (TPSA) is 32.3 Å². The highest BCUT2D eigenvalue weighted by Crippen LogP contribution is 2.34. The van der Waals surface area contributed by atoms with Crippen molar-refractivity contribution in [3.05, 3.63) is 0 Å². The lowest BCUT2D eigenvalue weighted by Gasteiger charge is -2.29. The first-order valence-electron chi connectivity index (χ1n) is 6.52. The molecular formula is C12H19F3N2O. The maximum Gasteiger partial charge on any atom is 0.406 e. The third kappa shape index (κ3) is 2.96. The van der Waals surface area contributed by atoms with E-state index in [1.165, 1.54) is 0 Å². The van der Waals surface area contributed by atoms with Gasteiger partial charge in [0.1, 0.15) is 6.54 Å². The summed E-state index contributed by atoms with van der Waals surface area (Å²) in [5.41, 5.74) is 0. The molecular weight excluding hydrogens is 245 g/mol. The molecule has 2 heterocycles. The van der Waals surface area contributed by atoms with Gasteiger partial charge in [0.15, 0.2) is 0 Å². The van der Waals surface area contributed by atoms with Crippen molar-refractivity contribution in [2.75, 3.05) is 13.1 Å². The summed E-state index contributed by atoms with van der Waals surface area (Å²) in [5.74, 6) is -0.577. The van der Waals surface area contributed by atoms with Gasteiger partial charge in [-0.05, 0) is 25.7 Å². The van der Waals surface area contributed by atoms with Crippen molar-refractivity contribution in [1.82, 2.24) is 10.2 Å². The second-order valence-electron chi connectivity index (χ2n) is 5.26. The van der Waals surface area contributed by atoms with Crippen molar-refractivity contribution < 1.29 is 18.0 Å². The van der Waals surface area contributed by atoms with Crippen molar-refractivity contribution in [2.24, 2.45) is 5.92 Å². The molecule has 1 amide bonds. The minimum Gasteiger partial charge on any atom is -0.333 e.